The number of benzene rings is 2. The third-order valence-electron chi connectivity index (χ3n) is 8.18. The molecule has 2 aliphatic heterocycles. The van der Waals surface area contributed by atoms with E-state index in [1.165, 1.54) is 11.3 Å². The number of thiazole rings is 1. The first kappa shape index (κ1) is 28.7. The monoisotopic (exact) mass is 621 g/mol. The van der Waals surface area contributed by atoms with Crippen LogP contribution in [0.4, 0.5) is 26.2 Å². The second-order valence-electron chi connectivity index (χ2n) is 11.1. The topological polar surface area (TPSA) is 124 Å². The van der Waals surface area contributed by atoms with Gasteiger partial charge in [-0.25, -0.2) is 24.5 Å². The van der Waals surface area contributed by atoms with Crippen LogP contribution in [0.15, 0.2) is 72.9 Å². The first-order chi connectivity index (χ1) is 21.9. The number of pyridine rings is 2. The maximum Gasteiger partial charge on any atom is 0.512 e. The lowest BCUT2D eigenvalue weighted by Crippen LogP contribution is -2.44. The summed E-state index contributed by atoms with van der Waals surface area (Å²) in [5.41, 5.74) is 5.16. The van der Waals surface area contributed by atoms with Gasteiger partial charge >= 0.3 is 12.2 Å². The van der Waals surface area contributed by atoms with Gasteiger partial charge in [0.05, 0.1) is 15.9 Å². The van der Waals surface area contributed by atoms with Gasteiger partial charge in [-0.1, -0.05) is 35.6 Å². The van der Waals surface area contributed by atoms with Crippen molar-refractivity contribution in [1.29, 1.82) is 0 Å². The minimum Gasteiger partial charge on any atom is -0.449 e. The molecule has 2 N–H and O–H groups in total. The number of piperazine rings is 1. The summed E-state index contributed by atoms with van der Waals surface area (Å²) in [6.45, 7) is 4.30. The lowest BCUT2D eigenvalue weighted by atomic mass is 9.98. The van der Waals surface area contributed by atoms with Crippen LogP contribution in [0, 0.1) is 0 Å². The molecule has 45 heavy (non-hydrogen) atoms. The number of nitrogens with one attached hydrogen (secondary N) is 1. The Labute approximate surface area is 263 Å². The number of rotatable bonds is 5. The van der Waals surface area contributed by atoms with Crippen LogP contribution in [0.25, 0.3) is 32.6 Å². The molecule has 5 aromatic rings. The van der Waals surface area contributed by atoms with Crippen molar-refractivity contribution < 1.29 is 19.4 Å². The highest BCUT2D eigenvalue weighted by atomic mass is 32.1. The second-order valence-corrected chi connectivity index (χ2v) is 12.2. The molecule has 7 rings (SSSR count). The molecule has 0 spiro atoms. The van der Waals surface area contributed by atoms with Gasteiger partial charge in [-0.3, -0.25) is 10.2 Å². The van der Waals surface area contributed by atoms with Gasteiger partial charge in [0.15, 0.2) is 5.13 Å². The molecule has 0 atom stereocenters. The van der Waals surface area contributed by atoms with Gasteiger partial charge in [0.1, 0.15) is 5.82 Å². The highest BCUT2D eigenvalue weighted by Gasteiger charge is 2.25. The van der Waals surface area contributed by atoms with Crippen molar-refractivity contribution in [3.63, 3.8) is 0 Å². The van der Waals surface area contributed by atoms with Crippen LogP contribution in [0.3, 0.4) is 0 Å². The molecule has 3 aromatic heterocycles. The molecule has 0 bridgehead atoms. The number of anilines is 3. The van der Waals surface area contributed by atoms with E-state index in [0.29, 0.717) is 28.5 Å². The summed E-state index contributed by atoms with van der Waals surface area (Å²) in [5, 5.41) is 13.0. The van der Waals surface area contributed by atoms with Crippen LogP contribution in [0.5, 0.6) is 5.88 Å². The third kappa shape index (κ3) is 6.02. The lowest BCUT2D eigenvalue weighted by molar-refractivity contribution is 0.143. The fraction of sp³-hybridized carbons (Fsp3) is 0.242. The first-order valence-corrected chi connectivity index (χ1v) is 15.6. The van der Waals surface area contributed by atoms with Gasteiger partial charge in [-0.05, 0) is 67.9 Å². The molecule has 1 fully saturated rings. The number of hydrogen-bond donors (Lipinski definition) is 2. The SMILES string of the molecule is CN1CCN(c2ccc(-c3ccc(-c4ccc5c(c4)N(C(=O)Nc4nc6ccccc6s4)CCC5)nc3OC(=O)O)cn2)CC1. The number of para-hydroxylation sites is 1. The molecular formula is C33H31N7O4S. The van der Waals surface area contributed by atoms with E-state index in [-0.39, 0.29) is 11.9 Å². The minimum atomic E-state index is -1.45. The van der Waals surface area contributed by atoms with Gasteiger partial charge in [-0.2, -0.15) is 0 Å². The predicted molar refractivity (Wildman–Crippen MR) is 176 cm³/mol. The number of aryl methyl sites for hydroxylation is 1. The summed E-state index contributed by atoms with van der Waals surface area (Å²) >= 11 is 1.43. The number of carbonyl (C=O) groups excluding carboxylic acids is 1. The van der Waals surface area contributed by atoms with E-state index in [0.717, 1.165) is 71.9 Å². The van der Waals surface area contributed by atoms with Crippen molar-refractivity contribution in [2.45, 2.75) is 12.8 Å². The fourth-order valence-corrected chi connectivity index (χ4v) is 6.63. The number of amides is 2. The number of ether oxygens (including phenoxy) is 1. The second kappa shape index (κ2) is 12.1. The molecule has 12 heteroatoms. The molecule has 2 aromatic carbocycles. The predicted octanol–water partition coefficient (Wildman–Crippen LogP) is 6.21. The molecular weight excluding hydrogens is 590 g/mol. The summed E-state index contributed by atoms with van der Waals surface area (Å²) < 4.78 is 6.17. The third-order valence-corrected chi connectivity index (χ3v) is 9.13. The highest BCUT2D eigenvalue weighted by Crippen LogP contribution is 2.36. The van der Waals surface area contributed by atoms with E-state index in [9.17, 15) is 14.7 Å². The number of carbonyl (C=O) groups is 2. The number of nitrogens with zero attached hydrogens (tertiary/aromatic N) is 6. The Hall–Kier alpha value is -5.07. The van der Waals surface area contributed by atoms with Crippen LogP contribution in [0.1, 0.15) is 12.0 Å². The van der Waals surface area contributed by atoms with E-state index >= 15 is 0 Å². The van der Waals surface area contributed by atoms with Crippen LogP contribution < -0.4 is 19.9 Å². The maximum absolute atomic E-state index is 13.4. The normalized spacial score (nSPS) is 15.1. The number of fused-ring (bicyclic) bond motifs is 2. The molecule has 5 heterocycles. The van der Waals surface area contributed by atoms with Gasteiger partial charge in [0.2, 0.25) is 5.88 Å². The van der Waals surface area contributed by atoms with Gasteiger partial charge in [0, 0.05) is 61.3 Å². The van der Waals surface area contributed by atoms with Crippen LogP contribution in [-0.2, 0) is 6.42 Å². The molecule has 1 saturated heterocycles. The van der Waals surface area contributed by atoms with E-state index in [1.807, 2.05) is 60.7 Å². The molecule has 0 unspecified atom stereocenters. The molecule has 228 valence electrons. The number of urea groups is 1. The van der Waals surface area contributed by atoms with Gasteiger partial charge in [-0.15, -0.1) is 0 Å². The molecule has 0 aliphatic carbocycles. The minimum absolute atomic E-state index is 0.0303. The van der Waals surface area contributed by atoms with Crippen molar-refractivity contribution >= 4 is 50.4 Å². The molecule has 2 aliphatic rings. The number of aromatic nitrogens is 3. The van der Waals surface area contributed by atoms with Crippen molar-refractivity contribution in [3.8, 4) is 28.3 Å². The van der Waals surface area contributed by atoms with Crippen LogP contribution in [0.2, 0.25) is 0 Å². The highest BCUT2D eigenvalue weighted by molar-refractivity contribution is 7.22. The van der Waals surface area contributed by atoms with Crippen LogP contribution >= 0.6 is 11.3 Å². The quantitative estimate of drug-likeness (QED) is 0.220. The molecule has 11 nitrogen and oxygen atoms in total. The van der Waals surface area contributed by atoms with Crippen molar-refractivity contribution in [2.75, 3.05) is 54.9 Å². The Morgan fingerprint density at radius 2 is 1.76 bits per heavy atom. The molecule has 0 saturated carbocycles. The number of likely N-dealkylation sites (N-methyl/N-ethyl adjacent to an activating group) is 1. The zero-order chi connectivity index (χ0) is 30.9. The van der Waals surface area contributed by atoms with Crippen molar-refractivity contribution in [1.82, 2.24) is 19.9 Å². The van der Waals surface area contributed by atoms with Gasteiger partial charge < -0.3 is 19.6 Å². The average Bonchev–Trinajstić information content (AvgIpc) is 3.47. The van der Waals surface area contributed by atoms with E-state index < -0.39 is 6.16 Å². The van der Waals surface area contributed by atoms with Crippen molar-refractivity contribution in [3.05, 3.63) is 78.5 Å². The van der Waals surface area contributed by atoms with Gasteiger partial charge in [0.25, 0.3) is 0 Å². The summed E-state index contributed by atoms with van der Waals surface area (Å²) in [7, 11) is 2.11. The summed E-state index contributed by atoms with van der Waals surface area (Å²) in [4.78, 5) is 45.2. The van der Waals surface area contributed by atoms with E-state index in [2.05, 4.69) is 37.1 Å². The van der Waals surface area contributed by atoms with Crippen LogP contribution in [-0.4, -0.2) is 76.9 Å². The summed E-state index contributed by atoms with van der Waals surface area (Å²) in [6, 6.07) is 20.8. The Morgan fingerprint density at radius 3 is 2.53 bits per heavy atom. The Morgan fingerprint density at radius 1 is 0.933 bits per heavy atom. The smallest absolute Gasteiger partial charge is 0.449 e. The average molecular weight is 622 g/mol. The Bertz CT molecular complexity index is 1850. The van der Waals surface area contributed by atoms with Crippen molar-refractivity contribution in [2.24, 2.45) is 0 Å². The fourth-order valence-electron chi connectivity index (χ4n) is 5.78. The molecule has 2 amide bonds. The molecule has 0 radical (unpaired) electrons. The number of carboxylic acid groups (broad SMARTS) is 1. The Kier molecular flexibility index (Phi) is 7.74. The summed E-state index contributed by atoms with van der Waals surface area (Å²) in [5.74, 6) is 0.847. The lowest BCUT2D eigenvalue weighted by Gasteiger charge is -2.33. The zero-order valence-corrected chi connectivity index (χ0v) is 25.5. The summed E-state index contributed by atoms with van der Waals surface area (Å²) in [6.07, 6.45) is 1.95. The zero-order valence-electron chi connectivity index (χ0n) is 24.6. The Balaban J connectivity index is 1.16. The number of hydrogen-bond acceptors (Lipinski definition) is 9. The van der Waals surface area contributed by atoms with E-state index in [4.69, 9.17) is 4.74 Å². The van der Waals surface area contributed by atoms with E-state index in [1.54, 1.807) is 17.2 Å². The first-order valence-electron chi connectivity index (χ1n) is 14.8. The standard InChI is InChI=1S/C33H31N7O4S/c1-38-15-17-39(18-16-38)29-13-10-23(20-34-29)24-11-12-25(35-30(24)44-33(42)43)22-9-8-21-5-4-14-40(27(21)19-22)32(41)37-31-36-26-6-2-3-7-28(26)45-31/h2-3,6-13,19-20H,4-5,14-18H2,1H3,(H,42,43)(H,36,37,41). The largest absolute Gasteiger partial charge is 0.512 e. The maximum atomic E-state index is 13.4.